The smallest absolute Gasteiger partial charge is 0.225 e. The summed E-state index contributed by atoms with van der Waals surface area (Å²) in [5.41, 5.74) is 0.0342. The Morgan fingerprint density at radius 1 is 1.44 bits per heavy atom. The van der Waals surface area contributed by atoms with E-state index in [1.807, 2.05) is 0 Å². The molecule has 1 aliphatic carbocycles. The molecule has 2 atom stereocenters. The van der Waals surface area contributed by atoms with Crippen molar-refractivity contribution >= 4 is 5.91 Å². The van der Waals surface area contributed by atoms with Crippen LogP contribution in [0.15, 0.2) is 0 Å². The Labute approximate surface area is 109 Å². The van der Waals surface area contributed by atoms with Gasteiger partial charge in [-0.2, -0.15) is 0 Å². The Morgan fingerprint density at radius 3 is 2.94 bits per heavy atom. The van der Waals surface area contributed by atoms with Gasteiger partial charge in [-0.25, -0.2) is 0 Å². The van der Waals surface area contributed by atoms with E-state index in [0.717, 1.165) is 51.9 Å². The number of hydrogen-bond acceptors (Lipinski definition) is 3. The number of piperidine rings is 1. The molecule has 1 amide bonds. The molecule has 0 bridgehead atoms. The van der Waals surface area contributed by atoms with Crippen LogP contribution in [-0.4, -0.2) is 48.7 Å². The van der Waals surface area contributed by atoms with Gasteiger partial charge in [-0.15, -0.1) is 0 Å². The highest BCUT2D eigenvalue weighted by Crippen LogP contribution is 2.38. The van der Waals surface area contributed by atoms with Gasteiger partial charge in [-0.05, 0) is 45.6 Å². The minimum absolute atomic E-state index is 0.0342. The molecule has 4 heteroatoms. The fourth-order valence-electron chi connectivity index (χ4n) is 3.52. The second kappa shape index (κ2) is 4.82. The molecule has 18 heavy (non-hydrogen) atoms. The van der Waals surface area contributed by atoms with Gasteiger partial charge in [-0.1, -0.05) is 0 Å². The molecule has 2 aliphatic heterocycles. The molecule has 3 rings (SSSR count). The number of amides is 1. The molecule has 4 nitrogen and oxygen atoms in total. The molecule has 0 aromatic rings. The van der Waals surface area contributed by atoms with Crippen LogP contribution in [0.1, 0.15) is 39.0 Å². The first-order chi connectivity index (χ1) is 8.69. The Bertz CT molecular complexity index is 328. The SMILES string of the molecule is C[C@H]1C[C@@H](C(=O)N2CCOC3(CCC3)C2)CCN1. The van der Waals surface area contributed by atoms with Crippen LogP contribution in [0.3, 0.4) is 0 Å². The van der Waals surface area contributed by atoms with Crippen molar-refractivity contribution in [3.05, 3.63) is 0 Å². The number of morpholine rings is 1. The lowest BCUT2D eigenvalue weighted by Crippen LogP contribution is -2.58. The fraction of sp³-hybridized carbons (Fsp3) is 0.929. The van der Waals surface area contributed by atoms with Crippen molar-refractivity contribution in [2.24, 2.45) is 5.92 Å². The monoisotopic (exact) mass is 252 g/mol. The lowest BCUT2D eigenvalue weighted by molar-refractivity contribution is -0.171. The molecule has 2 saturated heterocycles. The second-order valence-electron chi connectivity index (χ2n) is 6.22. The van der Waals surface area contributed by atoms with E-state index in [1.165, 1.54) is 6.42 Å². The number of carbonyl (C=O) groups is 1. The van der Waals surface area contributed by atoms with Crippen LogP contribution in [0.4, 0.5) is 0 Å². The highest BCUT2D eigenvalue weighted by molar-refractivity contribution is 5.79. The molecular formula is C14H24N2O2. The molecule has 0 aromatic carbocycles. The maximum atomic E-state index is 12.6. The maximum absolute atomic E-state index is 12.6. The number of carbonyl (C=O) groups excluding carboxylic acids is 1. The van der Waals surface area contributed by atoms with Gasteiger partial charge in [-0.3, -0.25) is 4.79 Å². The van der Waals surface area contributed by atoms with Gasteiger partial charge in [0.2, 0.25) is 5.91 Å². The van der Waals surface area contributed by atoms with Crippen molar-refractivity contribution in [1.82, 2.24) is 10.2 Å². The molecule has 2 heterocycles. The first-order valence-electron chi connectivity index (χ1n) is 7.35. The Hall–Kier alpha value is -0.610. The van der Waals surface area contributed by atoms with Crippen molar-refractivity contribution in [2.45, 2.75) is 50.7 Å². The van der Waals surface area contributed by atoms with E-state index in [0.29, 0.717) is 11.9 Å². The van der Waals surface area contributed by atoms with Crippen molar-refractivity contribution in [3.63, 3.8) is 0 Å². The molecule has 3 aliphatic rings. The molecular weight excluding hydrogens is 228 g/mol. The summed E-state index contributed by atoms with van der Waals surface area (Å²) in [6.07, 6.45) is 5.52. The lowest BCUT2D eigenvalue weighted by atomic mass is 9.78. The average Bonchev–Trinajstić information content (AvgIpc) is 2.36. The number of rotatable bonds is 1. The van der Waals surface area contributed by atoms with Crippen molar-refractivity contribution in [1.29, 1.82) is 0 Å². The van der Waals surface area contributed by atoms with Crippen molar-refractivity contribution in [2.75, 3.05) is 26.2 Å². The summed E-state index contributed by atoms with van der Waals surface area (Å²) in [5, 5.41) is 3.41. The summed E-state index contributed by atoms with van der Waals surface area (Å²) in [6, 6.07) is 0.478. The first kappa shape index (κ1) is 12.4. The minimum atomic E-state index is 0.0342. The van der Waals surface area contributed by atoms with E-state index in [2.05, 4.69) is 17.1 Å². The van der Waals surface area contributed by atoms with E-state index >= 15 is 0 Å². The van der Waals surface area contributed by atoms with E-state index in [1.54, 1.807) is 0 Å². The van der Waals surface area contributed by atoms with Crippen LogP contribution in [0.5, 0.6) is 0 Å². The van der Waals surface area contributed by atoms with E-state index < -0.39 is 0 Å². The third kappa shape index (κ3) is 2.28. The molecule has 3 fully saturated rings. The first-order valence-corrected chi connectivity index (χ1v) is 7.35. The summed E-state index contributed by atoms with van der Waals surface area (Å²) in [4.78, 5) is 14.6. The standard InChI is InChI=1S/C14H24N2O2/c1-11-9-12(3-6-15-11)13(17)16-7-8-18-14(10-16)4-2-5-14/h11-12,15H,2-10H2,1H3/t11-,12-/m0/s1. The molecule has 1 N–H and O–H groups in total. The Balaban J connectivity index is 1.61. The molecule has 102 valence electrons. The molecule has 1 saturated carbocycles. The highest BCUT2D eigenvalue weighted by atomic mass is 16.5. The summed E-state index contributed by atoms with van der Waals surface area (Å²) in [6.45, 7) is 5.51. The average molecular weight is 252 g/mol. The number of hydrogen-bond donors (Lipinski definition) is 1. The second-order valence-corrected chi connectivity index (χ2v) is 6.22. The summed E-state index contributed by atoms with van der Waals surface area (Å²) in [5.74, 6) is 0.606. The fourth-order valence-corrected chi connectivity index (χ4v) is 3.52. The zero-order chi connectivity index (χ0) is 12.6. The minimum Gasteiger partial charge on any atom is -0.371 e. The summed E-state index contributed by atoms with van der Waals surface area (Å²) in [7, 11) is 0. The van der Waals surface area contributed by atoms with Gasteiger partial charge in [0.15, 0.2) is 0 Å². The van der Waals surface area contributed by atoms with Crippen molar-refractivity contribution < 1.29 is 9.53 Å². The zero-order valence-electron chi connectivity index (χ0n) is 11.3. The van der Waals surface area contributed by atoms with Crippen LogP contribution in [0.25, 0.3) is 0 Å². The van der Waals surface area contributed by atoms with E-state index in [-0.39, 0.29) is 11.5 Å². The Kier molecular flexibility index (Phi) is 3.32. The lowest BCUT2D eigenvalue weighted by Gasteiger charge is -2.49. The zero-order valence-corrected chi connectivity index (χ0v) is 11.3. The van der Waals surface area contributed by atoms with Gasteiger partial charge in [0.25, 0.3) is 0 Å². The number of nitrogens with one attached hydrogen (secondary N) is 1. The van der Waals surface area contributed by atoms with Gasteiger partial charge in [0.1, 0.15) is 0 Å². The van der Waals surface area contributed by atoms with Gasteiger partial charge in [0, 0.05) is 25.0 Å². The van der Waals surface area contributed by atoms with Crippen molar-refractivity contribution in [3.8, 4) is 0 Å². The van der Waals surface area contributed by atoms with E-state index in [4.69, 9.17) is 4.74 Å². The van der Waals surface area contributed by atoms with Gasteiger partial charge >= 0.3 is 0 Å². The predicted octanol–water partition coefficient (Wildman–Crippen LogP) is 1.16. The third-order valence-corrected chi connectivity index (χ3v) is 4.80. The molecule has 0 radical (unpaired) electrons. The topological polar surface area (TPSA) is 41.6 Å². The molecule has 0 unspecified atom stereocenters. The van der Waals surface area contributed by atoms with E-state index in [9.17, 15) is 4.79 Å². The number of nitrogens with zero attached hydrogens (tertiary/aromatic N) is 1. The predicted molar refractivity (Wildman–Crippen MR) is 69.3 cm³/mol. The van der Waals surface area contributed by atoms with Crippen LogP contribution >= 0.6 is 0 Å². The van der Waals surface area contributed by atoms with Gasteiger partial charge in [0.05, 0.1) is 12.2 Å². The van der Waals surface area contributed by atoms with Gasteiger partial charge < -0.3 is 15.0 Å². The van der Waals surface area contributed by atoms with Crippen LogP contribution in [0, 0.1) is 5.92 Å². The largest absolute Gasteiger partial charge is 0.371 e. The maximum Gasteiger partial charge on any atom is 0.225 e. The normalized spacial score (nSPS) is 35.3. The summed E-state index contributed by atoms with van der Waals surface area (Å²) < 4.78 is 5.88. The molecule has 0 aromatic heterocycles. The third-order valence-electron chi connectivity index (χ3n) is 4.80. The van der Waals surface area contributed by atoms with Crippen LogP contribution in [0.2, 0.25) is 0 Å². The van der Waals surface area contributed by atoms with Crippen LogP contribution in [-0.2, 0) is 9.53 Å². The molecule has 1 spiro atoms. The highest BCUT2D eigenvalue weighted by Gasteiger charge is 2.44. The Morgan fingerprint density at radius 2 is 2.28 bits per heavy atom. The summed E-state index contributed by atoms with van der Waals surface area (Å²) >= 11 is 0. The van der Waals surface area contributed by atoms with Crippen LogP contribution < -0.4 is 5.32 Å². The number of ether oxygens (including phenoxy) is 1. The quantitative estimate of drug-likeness (QED) is 0.761.